The highest BCUT2D eigenvalue weighted by Gasteiger charge is 2.12. The number of hydrogen-bond acceptors (Lipinski definition) is 6. The third-order valence-corrected chi connectivity index (χ3v) is 4.73. The zero-order valence-electron chi connectivity index (χ0n) is 12.5. The maximum Gasteiger partial charge on any atom is 0.296 e. The van der Waals surface area contributed by atoms with E-state index in [1.165, 1.54) is 0 Å². The molecule has 0 aliphatic carbocycles. The second-order valence-electron chi connectivity index (χ2n) is 5.13. The molecule has 0 unspecified atom stereocenters. The van der Waals surface area contributed by atoms with Crippen LogP contribution in [0.1, 0.15) is 5.69 Å². The van der Waals surface area contributed by atoms with E-state index in [4.69, 9.17) is 27.6 Å². The fourth-order valence-corrected chi connectivity index (χ4v) is 3.54. The molecular weight excluding hydrogens is 369 g/mol. The second-order valence-corrected chi connectivity index (χ2v) is 6.83. The molecule has 0 aliphatic rings. The van der Waals surface area contributed by atoms with Gasteiger partial charge in [0.2, 0.25) is 0 Å². The number of hydrogen-bond donors (Lipinski definition) is 1. The molecule has 3 aromatic heterocycles. The molecule has 0 radical (unpaired) electrons. The average molecular weight is 380 g/mol. The summed E-state index contributed by atoms with van der Waals surface area (Å²) < 4.78 is 7.37. The van der Waals surface area contributed by atoms with Crippen LogP contribution in [0, 0.1) is 0 Å². The summed E-state index contributed by atoms with van der Waals surface area (Å²) in [4.78, 5) is 8.89. The minimum absolute atomic E-state index is 0.376. The van der Waals surface area contributed by atoms with Crippen molar-refractivity contribution in [2.75, 3.05) is 5.32 Å². The molecule has 0 spiro atoms. The SMILES string of the molecule is Cn1ccc(-c2nc(CNc3nc4cc(Cl)cc(Cl)c4o3)cs2)n1. The molecule has 0 fully saturated rings. The van der Waals surface area contributed by atoms with Crippen molar-refractivity contribution in [1.82, 2.24) is 19.7 Å². The summed E-state index contributed by atoms with van der Waals surface area (Å²) in [6.45, 7) is 0.488. The molecule has 0 atom stereocenters. The summed E-state index contributed by atoms with van der Waals surface area (Å²) >= 11 is 13.6. The van der Waals surface area contributed by atoms with Gasteiger partial charge in [0.1, 0.15) is 16.2 Å². The number of thiazole rings is 1. The predicted octanol–water partition coefficient (Wildman–Crippen LogP) is 4.60. The van der Waals surface area contributed by atoms with E-state index < -0.39 is 0 Å². The highest BCUT2D eigenvalue weighted by molar-refractivity contribution is 7.13. The molecule has 0 saturated carbocycles. The summed E-state index contributed by atoms with van der Waals surface area (Å²) in [5, 5.41) is 11.3. The number of benzene rings is 1. The van der Waals surface area contributed by atoms with Crippen LogP contribution in [-0.2, 0) is 13.6 Å². The fraction of sp³-hybridized carbons (Fsp3) is 0.133. The Morgan fingerprint density at radius 3 is 2.96 bits per heavy atom. The van der Waals surface area contributed by atoms with Gasteiger partial charge in [-0.15, -0.1) is 11.3 Å². The number of rotatable bonds is 4. The van der Waals surface area contributed by atoms with Crippen LogP contribution in [0.25, 0.3) is 21.8 Å². The van der Waals surface area contributed by atoms with Crippen LogP contribution >= 0.6 is 34.5 Å². The Morgan fingerprint density at radius 2 is 2.17 bits per heavy atom. The first-order chi connectivity index (χ1) is 11.6. The Balaban J connectivity index is 1.51. The minimum atomic E-state index is 0.376. The van der Waals surface area contributed by atoms with Gasteiger partial charge < -0.3 is 9.73 Å². The van der Waals surface area contributed by atoms with Crippen molar-refractivity contribution in [3.8, 4) is 10.7 Å². The summed E-state index contributed by atoms with van der Waals surface area (Å²) in [6.07, 6.45) is 1.89. The van der Waals surface area contributed by atoms with E-state index in [9.17, 15) is 0 Å². The van der Waals surface area contributed by atoms with Gasteiger partial charge in [-0.05, 0) is 18.2 Å². The van der Waals surface area contributed by atoms with E-state index in [1.54, 1.807) is 28.2 Å². The molecule has 0 aliphatic heterocycles. The van der Waals surface area contributed by atoms with E-state index in [0.717, 1.165) is 16.4 Å². The summed E-state index contributed by atoms with van der Waals surface area (Å²) in [7, 11) is 1.88. The van der Waals surface area contributed by atoms with Crippen molar-refractivity contribution in [3.63, 3.8) is 0 Å². The van der Waals surface area contributed by atoms with Crippen molar-refractivity contribution in [3.05, 3.63) is 45.5 Å². The van der Waals surface area contributed by atoms with Gasteiger partial charge in [-0.25, -0.2) is 4.98 Å². The molecule has 1 N–H and O–H groups in total. The molecule has 24 heavy (non-hydrogen) atoms. The van der Waals surface area contributed by atoms with Gasteiger partial charge in [0.25, 0.3) is 6.01 Å². The highest BCUT2D eigenvalue weighted by atomic mass is 35.5. The molecule has 4 rings (SSSR count). The third kappa shape index (κ3) is 2.98. The number of nitrogens with one attached hydrogen (secondary N) is 1. The van der Waals surface area contributed by atoms with Gasteiger partial charge >= 0.3 is 0 Å². The van der Waals surface area contributed by atoms with E-state index >= 15 is 0 Å². The van der Waals surface area contributed by atoms with Crippen LogP contribution in [-0.4, -0.2) is 19.7 Å². The highest BCUT2D eigenvalue weighted by Crippen LogP contribution is 2.30. The number of anilines is 1. The van der Waals surface area contributed by atoms with Crippen molar-refractivity contribution >= 4 is 51.7 Å². The summed E-state index contributed by atoms with van der Waals surface area (Å²) in [5.74, 6) is 0. The number of aromatic nitrogens is 4. The van der Waals surface area contributed by atoms with Gasteiger partial charge in [-0.3, -0.25) is 4.68 Å². The van der Waals surface area contributed by atoms with Crippen molar-refractivity contribution in [2.24, 2.45) is 7.05 Å². The van der Waals surface area contributed by atoms with Crippen LogP contribution < -0.4 is 5.32 Å². The molecule has 0 bridgehead atoms. The summed E-state index contributed by atoms with van der Waals surface area (Å²) in [5.41, 5.74) is 2.86. The molecule has 9 heteroatoms. The Morgan fingerprint density at radius 1 is 1.29 bits per heavy atom. The standard InChI is InChI=1S/C15H11Cl2N5OS/c1-22-3-2-11(21-22)14-19-9(7-24-14)6-18-15-20-12-5-8(16)4-10(17)13(12)23-15/h2-5,7H,6H2,1H3,(H,18,20). The Labute approximate surface area is 151 Å². The largest absolute Gasteiger partial charge is 0.422 e. The van der Waals surface area contributed by atoms with Gasteiger partial charge in [0, 0.05) is 23.6 Å². The van der Waals surface area contributed by atoms with E-state index in [-0.39, 0.29) is 0 Å². The third-order valence-electron chi connectivity index (χ3n) is 3.31. The van der Waals surface area contributed by atoms with E-state index in [1.807, 2.05) is 24.7 Å². The van der Waals surface area contributed by atoms with E-state index in [2.05, 4.69) is 20.4 Å². The number of aryl methyl sites for hydroxylation is 1. The first-order valence-electron chi connectivity index (χ1n) is 7.02. The molecule has 4 aromatic rings. The van der Waals surface area contributed by atoms with E-state index in [0.29, 0.717) is 33.7 Å². The lowest BCUT2D eigenvalue weighted by atomic mass is 10.3. The van der Waals surface area contributed by atoms with Crippen molar-refractivity contribution < 1.29 is 4.42 Å². The molecule has 122 valence electrons. The van der Waals surface area contributed by atoms with Crippen LogP contribution in [0.4, 0.5) is 6.01 Å². The molecular formula is C15H11Cl2N5OS. The maximum absolute atomic E-state index is 6.10. The molecule has 1 aromatic carbocycles. The second kappa shape index (κ2) is 6.08. The predicted molar refractivity (Wildman–Crippen MR) is 95.7 cm³/mol. The van der Waals surface area contributed by atoms with Crippen LogP contribution in [0.15, 0.2) is 34.2 Å². The zero-order valence-corrected chi connectivity index (χ0v) is 14.8. The molecule has 3 heterocycles. The van der Waals surface area contributed by atoms with Crippen molar-refractivity contribution in [2.45, 2.75) is 6.54 Å². The molecule has 0 saturated heterocycles. The fourth-order valence-electron chi connectivity index (χ4n) is 2.24. The van der Waals surface area contributed by atoms with Gasteiger partial charge in [0.05, 0.1) is 17.3 Å². The normalized spacial score (nSPS) is 11.3. The first kappa shape index (κ1) is 15.4. The number of nitrogens with zero attached hydrogens (tertiary/aromatic N) is 4. The lowest BCUT2D eigenvalue weighted by molar-refractivity contribution is 0.614. The smallest absolute Gasteiger partial charge is 0.296 e. The Kier molecular flexibility index (Phi) is 3.91. The minimum Gasteiger partial charge on any atom is -0.422 e. The Bertz CT molecular complexity index is 1020. The number of fused-ring (bicyclic) bond motifs is 1. The lowest BCUT2D eigenvalue weighted by Gasteiger charge is -1.97. The zero-order chi connectivity index (χ0) is 16.7. The lowest BCUT2D eigenvalue weighted by Crippen LogP contribution is -1.99. The van der Waals surface area contributed by atoms with Gasteiger partial charge in [-0.1, -0.05) is 23.2 Å². The molecule has 6 nitrogen and oxygen atoms in total. The number of oxazole rings is 1. The van der Waals surface area contributed by atoms with Crippen LogP contribution in [0.3, 0.4) is 0 Å². The van der Waals surface area contributed by atoms with Gasteiger partial charge in [0.15, 0.2) is 5.58 Å². The number of halogens is 2. The first-order valence-corrected chi connectivity index (χ1v) is 8.66. The quantitative estimate of drug-likeness (QED) is 0.560. The van der Waals surface area contributed by atoms with Crippen LogP contribution in [0.2, 0.25) is 10.0 Å². The average Bonchev–Trinajstić information content (AvgIpc) is 3.23. The topological polar surface area (TPSA) is 68.8 Å². The Hall–Kier alpha value is -2.09. The van der Waals surface area contributed by atoms with Gasteiger partial charge in [-0.2, -0.15) is 10.1 Å². The van der Waals surface area contributed by atoms with Crippen LogP contribution in [0.5, 0.6) is 0 Å². The maximum atomic E-state index is 6.10. The monoisotopic (exact) mass is 379 g/mol. The summed E-state index contributed by atoms with van der Waals surface area (Å²) in [6, 6.07) is 5.64. The van der Waals surface area contributed by atoms with Crippen molar-refractivity contribution in [1.29, 1.82) is 0 Å². The molecule has 0 amide bonds.